The molecule has 0 aliphatic heterocycles. The number of rotatable bonds is 3. The molecule has 0 aliphatic rings. The van der Waals surface area contributed by atoms with Gasteiger partial charge in [0.25, 0.3) is 12.3 Å². The predicted molar refractivity (Wildman–Crippen MR) is 62.0 cm³/mol. The Bertz CT molecular complexity index is 414. The molecule has 0 bridgehead atoms. The van der Waals surface area contributed by atoms with Crippen molar-refractivity contribution in [3.63, 3.8) is 0 Å². The maximum atomic E-state index is 12.7. The first-order valence-electron chi connectivity index (χ1n) is 4.82. The third-order valence-electron chi connectivity index (χ3n) is 2.21. The maximum Gasteiger partial charge on any atom is 0.287 e. The minimum atomic E-state index is -3.23. The van der Waals surface area contributed by atoms with Gasteiger partial charge in [-0.2, -0.15) is 0 Å². The van der Waals surface area contributed by atoms with E-state index >= 15 is 0 Å². The lowest BCUT2D eigenvalue weighted by Gasteiger charge is -2.13. The normalized spacial score (nSPS) is 12.6. The van der Waals surface area contributed by atoms with Crippen LogP contribution in [-0.4, -0.2) is 18.6 Å². The Balaban J connectivity index is 2.97. The van der Waals surface area contributed by atoms with Gasteiger partial charge in [-0.15, -0.1) is 0 Å². The Morgan fingerprint density at radius 2 is 1.71 bits per heavy atom. The van der Waals surface area contributed by atoms with Crippen LogP contribution in [-0.2, 0) is 0 Å². The number of hydrogen-bond acceptors (Lipinski definition) is 1. The highest BCUT2D eigenvalue weighted by Gasteiger charge is 2.23. The van der Waals surface area contributed by atoms with Crippen molar-refractivity contribution in [2.24, 2.45) is 0 Å². The zero-order chi connectivity index (χ0) is 13.2. The quantitative estimate of drug-likeness (QED) is 0.852. The summed E-state index contributed by atoms with van der Waals surface area (Å²) in [4.78, 5) is 11.6. The van der Waals surface area contributed by atoms with Crippen molar-refractivity contribution in [2.75, 3.05) is 0 Å². The van der Waals surface area contributed by atoms with Crippen molar-refractivity contribution in [2.45, 2.75) is 26.6 Å². The van der Waals surface area contributed by atoms with E-state index in [4.69, 9.17) is 0 Å². The first-order valence-corrected chi connectivity index (χ1v) is 5.62. The van der Waals surface area contributed by atoms with Gasteiger partial charge in [0.15, 0.2) is 0 Å². The van der Waals surface area contributed by atoms with Gasteiger partial charge in [-0.05, 0) is 37.1 Å². The summed E-state index contributed by atoms with van der Waals surface area (Å²) in [5.41, 5.74) is 1.41. The van der Waals surface area contributed by atoms with E-state index in [0.29, 0.717) is 11.1 Å². The van der Waals surface area contributed by atoms with E-state index in [9.17, 15) is 18.0 Å². The molecule has 6 heteroatoms. The van der Waals surface area contributed by atoms with Crippen LogP contribution in [0, 0.1) is 13.8 Å². The van der Waals surface area contributed by atoms with Crippen LogP contribution in [0.15, 0.2) is 16.6 Å². The lowest BCUT2D eigenvalue weighted by Crippen LogP contribution is -2.37. The van der Waals surface area contributed by atoms with Gasteiger partial charge < -0.3 is 5.32 Å². The fraction of sp³-hybridized carbons (Fsp3) is 0.364. The fourth-order valence-electron chi connectivity index (χ4n) is 1.53. The largest absolute Gasteiger partial charge is 0.318 e. The molecule has 0 saturated carbocycles. The summed E-state index contributed by atoms with van der Waals surface area (Å²) >= 11 is 3.24. The Kier molecular flexibility index (Phi) is 4.56. The van der Waals surface area contributed by atoms with Crippen molar-refractivity contribution >= 4 is 21.8 Å². The van der Waals surface area contributed by atoms with Crippen LogP contribution >= 0.6 is 15.9 Å². The highest BCUT2D eigenvalue weighted by atomic mass is 79.9. The van der Waals surface area contributed by atoms with Crippen molar-refractivity contribution in [3.05, 3.63) is 33.3 Å². The molecular formula is C11H11BrF3NO. The summed E-state index contributed by atoms with van der Waals surface area (Å²) in [6.45, 7) is 3.31. The average molecular weight is 310 g/mol. The number of halogens is 4. The molecule has 1 atom stereocenters. The molecule has 1 aromatic carbocycles. The topological polar surface area (TPSA) is 29.1 Å². The molecule has 1 N–H and O–H groups in total. The molecule has 0 heterocycles. The molecule has 0 radical (unpaired) electrons. The van der Waals surface area contributed by atoms with E-state index < -0.39 is 18.6 Å². The van der Waals surface area contributed by atoms with E-state index in [1.54, 1.807) is 31.3 Å². The number of alkyl halides is 3. The van der Waals surface area contributed by atoms with Gasteiger partial charge >= 0.3 is 0 Å². The van der Waals surface area contributed by atoms with E-state index in [0.717, 1.165) is 4.47 Å². The summed E-state index contributed by atoms with van der Waals surface area (Å²) in [7, 11) is 0. The number of aryl methyl sites for hydroxylation is 2. The van der Waals surface area contributed by atoms with Gasteiger partial charge in [-0.3, -0.25) is 4.79 Å². The van der Waals surface area contributed by atoms with E-state index in [1.165, 1.54) is 0 Å². The van der Waals surface area contributed by atoms with Crippen LogP contribution in [0.3, 0.4) is 0 Å². The van der Waals surface area contributed by atoms with Gasteiger partial charge in [0.2, 0.25) is 6.30 Å². The second kappa shape index (κ2) is 5.53. The lowest BCUT2D eigenvalue weighted by molar-refractivity contribution is 0.0286. The maximum absolute atomic E-state index is 12.7. The zero-order valence-corrected chi connectivity index (χ0v) is 10.8. The number of nitrogens with one attached hydrogen (secondary N) is 1. The summed E-state index contributed by atoms with van der Waals surface area (Å²) in [6, 6.07) is 3.33. The molecule has 0 saturated heterocycles. The SMILES string of the molecule is Cc1cc(Br)cc(C)c1C(=O)NC(F)C(F)F. The minimum Gasteiger partial charge on any atom is -0.318 e. The third kappa shape index (κ3) is 3.46. The molecule has 17 heavy (non-hydrogen) atoms. The summed E-state index contributed by atoms with van der Waals surface area (Å²) in [5.74, 6) is -0.833. The second-order valence-electron chi connectivity index (χ2n) is 3.62. The highest BCUT2D eigenvalue weighted by Crippen LogP contribution is 2.20. The summed E-state index contributed by atoms with van der Waals surface area (Å²) in [6.07, 6.45) is -5.88. The van der Waals surface area contributed by atoms with Crippen molar-refractivity contribution < 1.29 is 18.0 Å². The van der Waals surface area contributed by atoms with E-state index in [-0.39, 0.29) is 5.56 Å². The summed E-state index contributed by atoms with van der Waals surface area (Å²) < 4.78 is 37.4. The smallest absolute Gasteiger partial charge is 0.287 e. The molecule has 0 aliphatic carbocycles. The molecule has 0 aromatic heterocycles. The minimum absolute atomic E-state index is 0.219. The van der Waals surface area contributed by atoms with Crippen LogP contribution in [0.25, 0.3) is 0 Å². The zero-order valence-electron chi connectivity index (χ0n) is 9.23. The lowest BCUT2D eigenvalue weighted by atomic mass is 10.0. The molecule has 1 aromatic rings. The van der Waals surface area contributed by atoms with Crippen LogP contribution in [0.4, 0.5) is 13.2 Å². The second-order valence-corrected chi connectivity index (χ2v) is 4.54. The number of amides is 1. The fourth-order valence-corrected chi connectivity index (χ4v) is 2.22. The predicted octanol–water partition coefficient (Wildman–Crippen LogP) is 3.36. The van der Waals surface area contributed by atoms with Gasteiger partial charge in [0.1, 0.15) is 0 Å². The van der Waals surface area contributed by atoms with Crippen molar-refractivity contribution in [1.82, 2.24) is 5.32 Å². The Morgan fingerprint density at radius 1 is 1.24 bits per heavy atom. The van der Waals surface area contributed by atoms with Gasteiger partial charge in [0, 0.05) is 10.0 Å². The molecule has 1 amide bonds. The third-order valence-corrected chi connectivity index (χ3v) is 2.67. The van der Waals surface area contributed by atoms with Gasteiger partial charge in [-0.1, -0.05) is 15.9 Å². The van der Waals surface area contributed by atoms with Crippen molar-refractivity contribution in [3.8, 4) is 0 Å². The number of benzene rings is 1. The average Bonchev–Trinajstić information content (AvgIpc) is 2.15. The first kappa shape index (κ1) is 14.0. The standard InChI is InChI=1S/C11H11BrF3NO/c1-5-3-7(12)4-6(2)8(5)11(17)16-10(15)9(13)14/h3-4,9-10H,1-2H3,(H,16,17). The van der Waals surface area contributed by atoms with Gasteiger partial charge in [-0.25, -0.2) is 13.2 Å². The highest BCUT2D eigenvalue weighted by molar-refractivity contribution is 9.10. The number of hydrogen-bond donors (Lipinski definition) is 1. The van der Waals surface area contributed by atoms with Crippen LogP contribution in [0.2, 0.25) is 0 Å². The van der Waals surface area contributed by atoms with E-state index in [2.05, 4.69) is 15.9 Å². The Morgan fingerprint density at radius 3 is 2.12 bits per heavy atom. The Labute approximate surface area is 105 Å². The van der Waals surface area contributed by atoms with Crippen LogP contribution in [0.1, 0.15) is 21.5 Å². The molecular weight excluding hydrogens is 299 g/mol. The monoisotopic (exact) mass is 309 g/mol. The molecule has 1 unspecified atom stereocenters. The van der Waals surface area contributed by atoms with E-state index in [1.807, 2.05) is 0 Å². The Hall–Kier alpha value is -1.04. The molecule has 2 nitrogen and oxygen atoms in total. The molecule has 0 fully saturated rings. The summed E-state index contributed by atoms with van der Waals surface area (Å²) in [5, 5.41) is 1.63. The number of carbonyl (C=O) groups excluding carboxylic acids is 1. The molecule has 0 spiro atoms. The van der Waals surface area contributed by atoms with Crippen LogP contribution in [0.5, 0.6) is 0 Å². The van der Waals surface area contributed by atoms with Gasteiger partial charge in [0.05, 0.1) is 0 Å². The number of carbonyl (C=O) groups is 1. The van der Waals surface area contributed by atoms with Crippen LogP contribution < -0.4 is 5.32 Å². The first-order chi connectivity index (χ1) is 7.82. The molecule has 1 rings (SSSR count). The molecule has 94 valence electrons. The van der Waals surface area contributed by atoms with Crippen molar-refractivity contribution in [1.29, 1.82) is 0 Å².